The number of hydrogen-bond donors (Lipinski definition) is 0. The largest absolute Gasteiger partial charge is 0.234 e. The first-order chi connectivity index (χ1) is 7.99. The molecule has 0 atom stereocenters. The highest BCUT2D eigenvalue weighted by molar-refractivity contribution is 7.92. The second kappa shape index (κ2) is 4.58. The Labute approximate surface area is 105 Å². The Morgan fingerprint density at radius 2 is 2.00 bits per heavy atom. The van der Waals surface area contributed by atoms with E-state index < -0.39 is 9.84 Å². The van der Waals surface area contributed by atoms with Crippen molar-refractivity contribution in [2.45, 2.75) is 23.9 Å². The molecule has 0 fully saturated rings. The summed E-state index contributed by atoms with van der Waals surface area (Å²) < 4.78 is 24.2. The van der Waals surface area contributed by atoms with E-state index in [1.807, 2.05) is 32.0 Å². The number of benzene rings is 1. The van der Waals surface area contributed by atoms with E-state index in [0.29, 0.717) is 0 Å². The molecule has 0 aliphatic heterocycles. The first-order valence-electron chi connectivity index (χ1n) is 5.17. The summed E-state index contributed by atoms with van der Waals surface area (Å²) in [5.41, 5.74) is 3.08. The Kier molecular flexibility index (Phi) is 3.31. The first-order valence-corrected chi connectivity index (χ1v) is 7.70. The van der Waals surface area contributed by atoms with Crippen LogP contribution in [0.4, 0.5) is 0 Å². The molecule has 0 amide bonds. The number of aryl methyl sites for hydroxylation is 2. The Balaban J connectivity index is 2.30. The van der Waals surface area contributed by atoms with Crippen LogP contribution in [0.25, 0.3) is 0 Å². The molecule has 1 heterocycles. The van der Waals surface area contributed by atoms with Crippen LogP contribution in [0.3, 0.4) is 0 Å². The van der Waals surface area contributed by atoms with E-state index in [9.17, 15) is 8.42 Å². The number of nitrogens with zero attached hydrogens (tertiary/aromatic N) is 1. The van der Waals surface area contributed by atoms with Crippen molar-refractivity contribution in [3.8, 4) is 0 Å². The van der Waals surface area contributed by atoms with Crippen LogP contribution in [-0.2, 0) is 15.6 Å². The molecule has 0 aliphatic carbocycles. The Hall–Kier alpha value is -1.20. The zero-order valence-corrected chi connectivity index (χ0v) is 11.3. The lowest BCUT2D eigenvalue weighted by molar-refractivity contribution is 0.594. The summed E-state index contributed by atoms with van der Waals surface area (Å²) in [5, 5.41) is 1.67. The van der Waals surface area contributed by atoms with E-state index in [2.05, 4.69) is 4.98 Å². The third-order valence-electron chi connectivity index (χ3n) is 2.60. The minimum Gasteiger partial charge on any atom is -0.234 e. The normalized spacial score (nSPS) is 11.6. The van der Waals surface area contributed by atoms with Crippen LogP contribution in [0.1, 0.15) is 16.7 Å². The van der Waals surface area contributed by atoms with Crippen molar-refractivity contribution in [3.05, 3.63) is 46.5 Å². The number of aromatic nitrogens is 1. The molecule has 1 aromatic carbocycles. The van der Waals surface area contributed by atoms with Gasteiger partial charge in [-0.3, -0.25) is 0 Å². The van der Waals surface area contributed by atoms with E-state index in [4.69, 9.17) is 0 Å². The summed E-state index contributed by atoms with van der Waals surface area (Å²) in [6, 6.07) is 5.72. The van der Waals surface area contributed by atoms with Crippen molar-refractivity contribution in [1.29, 1.82) is 0 Å². The highest BCUT2D eigenvalue weighted by Gasteiger charge is 2.18. The van der Waals surface area contributed by atoms with Gasteiger partial charge in [0.2, 0.25) is 14.2 Å². The predicted octanol–water partition coefficient (Wildman–Crippen LogP) is 2.73. The number of rotatable bonds is 3. The molecule has 2 rings (SSSR count). The average Bonchev–Trinajstić information content (AvgIpc) is 2.77. The lowest BCUT2D eigenvalue weighted by Gasteiger charge is -2.05. The summed E-state index contributed by atoms with van der Waals surface area (Å²) in [5.74, 6) is 0.0155. The van der Waals surface area contributed by atoms with Crippen LogP contribution in [0.15, 0.2) is 34.1 Å². The number of sulfone groups is 1. The number of thiazole rings is 1. The monoisotopic (exact) mass is 267 g/mol. The molecule has 90 valence electrons. The van der Waals surface area contributed by atoms with Crippen molar-refractivity contribution in [2.75, 3.05) is 0 Å². The Morgan fingerprint density at radius 3 is 2.59 bits per heavy atom. The summed E-state index contributed by atoms with van der Waals surface area (Å²) in [6.07, 6.45) is 1.51. The van der Waals surface area contributed by atoms with Crippen molar-refractivity contribution < 1.29 is 8.42 Å². The fourth-order valence-corrected chi connectivity index (χ4v) is 3.79. The summed E-state index contributed by atoms with van der Waals surface area (Å²) in [4.78, 5) is 3.85. The smallest absolute Gasteiger partial charge is 0.209 e. The molecule has 5 heteroatoms. The van der Waals surface area contributed by atoms with Gasteiger partial charge in [0.05, 0.1) is 5.75 Å². The fourth-order valence-electron chi connectivity index (χ4n) is 1.54. The lowest BCUT2D eigenvalue weighted by Crippen LogP contribution is -2.04. The van der Waals surface area contributed by atoms with E-state index in [1.165, 1.54) is 11.8 Å². The highest BCUT2D eigenvalue weighted by Crippen LogP contribution is 2.19. The van der Waals surface area contributed by atoms with Crippen LogP contribution in [0.2, 0.25) is 0 Å². The van der Waals surface area contributed by atoms with Gasteiger partial charge in [0.25, 0.3) is 0 Å². The minimum absolute atomic E-state index is 0.0155. The molecule has 1 aromatic heterocycles. The molecule has 2 aromatic rings. The van der Waals surface area contributed by atoms with Gasteiger partial charge >= 0.3 is 0 Å². The lowest BCUT2D eigenvalue weighted by atomic mass is 10.1. The topological polar surface area (TPSA) is 47.0 Å². The van der Waals surface area contributed by atoms with Gasteiger partial charge in [0.1, 0.15) is 0 Å². The molecular weight excluding hydrogens is 254 g/mol. The predicted molar refractivity (Wildman–Crippen MR) is 68.9 cm³/mol. The molecule has 0 unspecified atom stereocenters. The number of hydrogen-bond acceptors (Lipinski definition) is 4. The zero-order chi connectivity index (χ0) is 12.5. The molecule has 3 nitrogen and oxygen atoms in total. The first kappa shape index (κ1) is 12.3. The Morgan fingerprint density at radius 1 is 1.24 bits per heavy atom. The van der Waals surface area contributed by atoms with E-state index in [-0.39, 0.29) is 10.1 Å². The zero-order valence-electron chi connectivity index (χ0n) is 9.67. The second-order valence-electron chi connectivity index (χ2n) is 3.98. The van der Waals surface area contributed by atoms with Crippen LogP contribution in [-0.4, -0.2) is 13.4 Å². The summed E-state index contributed by atoms with van der Waals surface area (Å²) in [6.45, 7) is 3.99. The standard InChI is InChI=1S/C12H13NO2S2/c1-9-3-4-11(7-10(9)2)8-17(14,15)12-13-5-6-16-12/h3-7H,8H2,1-2H3. The second-order valence-corrected chi connectivity index (χ2v) is 7.03. The third kappa shape index (κ3) is 2.73. The maximum Gasteiger partial charge on any atom is 0.209 e. The maximum atomic E-state index is 12.0. The van der Waals surface area contributed by atoms with Gasteiger partial charge in [0, 0.05) is 11.6 Å². The average molecular weight is 267 g/mol. The quantitative estimate of drug-likeness (QED) is 0.859. The van der Waals surface area contributed by atoms with Crippen LogP contribution >= 0.6 is 11.3 Å². The molecule has 0 N–H and O–H groups in total. The van der Waals surface area contributed by atoms with Crippen molar-refractivity contribution in [3.63, 3.8) is 0 Å². The summed E-state index contributed by atoms with van der Waals surface area (Å²) in [7, 11) is -3.29. The Bertz CT molecular complexity index is 616. The van der Waals surface area contributed by atoms with Crippen molar-refractivity contribution >= 4 is 21.2 Å². The molecule has 0 spiro atoms. The van der Waals surface area contributed by atoms with E-state index >= 15 is 0 Å². The van der Waals surface area contributed by atoms with Gasteiger partial charge in [0.15, 0.2) is 0 Å². The molecule has 0 bridgehead atoms. The van der Waals surface area contributed by atoms with Crippen molar-refractivity contribution in [2.24, 2.45) is 0 Å². The molecule has 0 saturated heterocycles. The fraction of sp³-hybridized carbons (Fsp3) is 0.250. The van der Waals surface area contributed by atoms with E-state index in [0.717, 1.165) is 22.5 Å². The molecule has 0 saturated carbocycles. The van der Waals surface area contributed by atoms with Crippen molar-refractivity contribution in [1.82, 2.24) is 4.98 Å². The van der Waals surface area contributed by atoms with Gasteiger partial charge in [-0.15, -0.1) is 11.3 Å². The van der Waals surface area contributed by atoms with Crippen LogP contribution in [0, 0.1) is 13.8 Å². The van der Waals surface area contributed by atoms with Gasteiger partial charge in [-0.25, -0.2) is 13.4 Å². The minimum atomic E-state index is -3.29. The molecular formula is C12H13NO2S2. The van der Waals surface area contributed by atoms with Gasteiger partial charge in [-0.2, -0.15) is 0 Å². The van der Waals surface area contributed by atoms with Crippen LogP contribution in [0.5, 0.6) is 0 Å². The molecule has 17 heavy (non-hydrogen) atoms. The van der Waals surface area contributed by atoms with E-state index in [1.54, 1.807) is 5.38 Å². The van der Waals surface area contributed by atoms with Crippen LogP contribution < -0.4 is 0 Å². The maximum absolute atomic E-state index is 12.0. The summed E-state index contributed by atoms with van der Waals surface area (Å²) >= 11 is 1.16. The van der Waals surface area contributed by atoms with Gasteiger partial charge < -0.3 is 0 Å². The van der Waals surface area contributed by atoms with Gasteiger partial charge in [-0.05, 0) is 30.5 Å². The third-order valence-corrected chi connectivity index (χ3v) is 5.57. The van der Waals surface area contributed by atoms with Gasteiger partial charge in [-0.1, -0.05) is 18.2 Å². The molecule has 0 radical (unpaired) electrons. The molecule has 0 aliphatic rings. The SMILES string of the molecule is Cc1ccc(CS(=O)(=O)c2nccs2)cc1C. The highest BCUT2D eigenvalue weighted by atomic mass is 32.2.